The van der Waals surface area contributed by atoms with Crippen molar-refractivity contribution in [3.8, 4) is 16.9 Å². The van der Waals surface area contributed by atoms with Crippen LogP contribution in [0.5, 0.6) is 5.75 Å². The van der Waals surface area contributed by atoms with Gasteiger partial charge in [0.1, 0.15) is 0 Å². The molecule has 6 heteroatoms. The van der Waals surface area contributed by atoms with Gasteiger partial charge < -0.3 is 9.47 Å². The molecule has 3 aromatic carbocycles. The Morgan fingerprint density at radius 1 is 0.865 bits per heavy atom. The van der Waals surface area contributed by atoms with E-state index >= 15 is 8.78 Å². The van der Waals surface area contributed by atoms with Crippen LogP contribution in [0.4, 0.5) is 17.6 Å². The van der Waals surface area contributed by atoms with Crippen molar-refractivity contribution in [2.75, 3.05) is 13.2 Å². The van der Waals surface area contributed by atoms with Crippen molar-refractivity contribution in [1.82, 2.24) is 0 Å². The Morgan fingerprint density at radius 2 is 1.57 bits per heavy atom. The van der Waals surface area contributed by atoms with Crippen LogP contribution in [0.3, 0.4) is 0 Å². The summed E-state index contributed by atoms with van der Waals surface area (Å²) in [5, 5.41) is 0. The molecule has 0 bridgehead atoms. The van der Waals surface area contributed by atoms with Crippen LogP contribution in [0.2, 0.25) is 0 Å². The molecule has 1 aliphatic heterocycles. The monoisotopic (exact) mass is 512 g/mol. The topological polar surface area (TPSA) is 18.5 Å². The highest BCUT2D eigenvalue weighted by Crippen LogP contribution is 2.39. The second kappa shape index (κ2) is 12.4. The molecule has 2 atom stereocenters. The van der Waals surface area contributed by atoms with Gasteiger partial charge in [-0.25, -0.2) is 13.2 Å². The van der Waals surface area contributed by atoms with Gasteiger partial charge in [-0.2, -0.15) is 4.39 Å². The highest BCUT2D eigenvalue weighted by Gasteiger charge is 2.29. The van der Waals surface area contributed by atoms with Gasteiger partial charge in [-0.1, -0.05) is 61.9 Å². The molecule has 37 heavy (non-hydrogen) atoms. The summed E-state index contributed by atoms with van der Waals surface area (Å²) >= 11 is 0. The van der Waals surface area contributed by atoms with Crippen molar-refractivity contribution in [3.63, 3.8) is 0 Å². The molecule has 1 unspecified atom stereocenters. The maximum atomic E-state index is 15.1. The van der Waals surface area contributed by atoms with Crippen LogP contribution in [0.1, 0.15) is 68.2 Å². The predicted molar refractivity (Wildman–Crippen MR) is 138 cm³/mol. The van der Waals surface area contributed by atoms with Crippen LogP contribution in [-0.4, -0.2) is 13.2 Å². The van der Waals surface area contributed by atoms with Crippen LogP contribution >= 0.6 is 0 Å². The Morgan fingerprint density at radius 3 is 2.22 bits per heavy atom. The maximum absolute atomic E-state index is 15.1. The Hall–Kier alpha value is -3.12. The van der Waals surface area contributed by atoms with E-state index in [-0.39, 0.29) is 35.0 Å². The smallest absolute Gasteiger partial charge is 0.201 e. The standard InChI is InChI=1S/C31H32F4O2/c1-3-5-7-20-8-10-21(11-9-20)22-12-16-26(37-19-22)25-14-13-23(28(32)30(25)34)24-15-17-27(31(35)29(24)33)36-18-6-4-2/h3,5,8-11,13-15,17,22,26H,4,6-7,12,16,18-19H2,1-2H3/t22?,26-/m0/s1. The number of benzene rings is 3. The molecule has 1 heterocycles. The minimum absolute atomic E-state index is 0.0850. The average molecular weight is 513 g/mol. The molecular formula is C31H32F4O2. The summed E-state index contributed by atoms with van der Waals surface area (Å²) in [5.41, 5.74) is 1.77. The van der Waals surface area contributed by atoms with Gasteiger partial charge >= 0.3 is 0 Å². The van der Waals surface area contributed by atoms with Gasteiger partial charge in [0.25, 0.3) is 0 Å². The second-order valence-corrected chi connectivity index (χ2v) is 9.38. The molecule has 0 radical (unpaired) electrons. The van der Waals surface area contributed by atoms with Crippen molar-refractivity contribution >= 4 is 0 Å². The number of rotatable bonds is 9. The van der Waals surface area contributed by atoms with E-state index in [0.717, 1.165) is 24.8 Å². The van der Waals surface area contributed by atoms with Crippen LogP contribution in [0, 0.1) is 23.3 Å². The molecule has 0 aliphatic carbocycles. The minimum atomic E-state index is -1.27. The van der Waals surface area contributed by atoms with E-state index in [4.69, 9.17) is 9.47 Å². The summed E-state index contributed by atoms with van der Waals surface area (Å²) in [7, 11) is 0. The Labute approximate surface area is 215 Å². The summed E-state index contributed by atoms with van der Waals surface area (Å²) in [6, 6.07) is 13.5. The van der Waals surface area contributed by atoms with Crippen LogP contribution < -0.4 is 4.74 Å². The first-order valence-electron chi connectivity index (χ1n) is 12.8. The molecular weight excluding hydrogens is 480 g/mol. The molecule has 0 amide bonds. The molecule has 0 aromatic heterocycles. The van der Waals surface area contributed by atoms with Crippen molar-refractivity contribution in [3.05, 3.63) is 101 Å². The van der Waals surface area contributed by atoms with E-state index in [1.165, 1.54) is 29.8 Å². The molecule has 0 N–H and O–H groups in total. The van der Waals surface area contributed by atoms with Gasteiger partial charge in [0.05, 0.1) is 19.3 Å². The number of allylic oxidation sites excluding steroid dienone is 2. The molecule has 2 nitrogen and oxygen atoms in total. The zero-order chi connectivity index (χ0) is 26.4. The Kier molecular flexibility index (Phi) is 9.04. The zero-order valence-electron chi connectivity index (χ0n) is 21.2. The summed E-state index contributed by atoms with van der Waals surface area (Å²) in [6.07, 6.45) is 7.22. The molecule has 196 valence electrons. The molecule has 0 saturated carbocycles. The lowest BCUT2D eigenvalue weighted by molar-refractivity contribution is 0.0000958. The fraction of sp³-hybridized carbons (Fsp3) is 0.355. The van der Waals surface area contributed by atoms with Gasteiger partial charge in [-0.15, -0.1) is 0 Å². The highest BCUT2D eigenvalue weighted by molar-refractivity contribution is 5.66. The Bertz CT molecular complexity index is 1230. The second-order valence-electron chi connectivity index (χ2n) is 9.38. The van der Waals surface area contributed by atoms with E-state index in [9.17, 15) is 8.78 Å². The van der Waals surface area contributed by atoms with Crippen LogP contribution in [0.15, 0.2) is 60.7 Å². The SMILES string of the molecule is CC=CCc1ccc(C2CC[C@@H](c3ccc(-c4ccc(OCCCC)c(F)c4F)c(F)c3F)OC2)cc1. The Balaban J connectivity index is 1.46. The number of unbranched alkanes of at least 4 members (excludes halogenated alkanes) is 1. The van der Waals surface area contributed by atoms with E-state index < -0.39 is 29.4 Å². The van der Waals surface area contributed by atoms with Gasteiger partial charge in [-0.3, -0.25) is 0 Å². The summed E-state index contributed by atoms with van der Waals surface area (Å²) in [5.74, 6) is -4.88. The summed E-state index contributed by atoms with van der Waals surface area (Å²) in [4.78, 5) is 0. The first-order valence-corrected chi connectivity index (χ1v) is 12.8. The lowest BCUT2D eigenvalue weighted by Crippen LogP contribution is -2.20. The first kappa shape index (κ1) is 26.9. The zero-order valence-corrected chi connectivity index (χ0v) is 21.2. The average Bonchev–Trinajstić information content (AvgIpc) is 2.92. The van der Waals surface area contributed by atoms with Gasteiger partial charge in [0, 0.05) is 22.6 Å². The first-order chi connectivity index (χ1) is 17.9. The number of hydrogen-bond acceptors (Lipinski definition) is 2. The minimum Gasteiger partial charge on any atom is -0.490 e. The lowest BCUT2D eigenvalue weighted by atomic mass is 9.88. The van der Waals surface area contributed by atoms with Crippen molar-refractivity contribution in [2.45, 2.75) is 58.0 Å². The van der Waals surface area contributed by atoms with Crippen LogP contribution in [0.25, 0.3) is 11.1 Å². The fourth-order valence-corrected chi connectivity index (χ4v) is 4.64. The number of hydrogen-bond donors (Lipinski definition) is 0. The summed E-state index contributed by atoms with van der Waals surface area (Å²) < 4.78 is 70.6. The lowest BCUT2D eigenvalue weighted by Gasteiger charge is -2.30. The summed E-state index contributed by atoms with van der Waals surface area (Å²) in [6.45, 7) is 4.58. The molecule has 0 spiro atoms. The van der Waals surface area contributed by atoms with Gasteiger partial charge in [0.2, 0.25) is 5.82 Å². The molecule has 1 aliphatic rings. The van der Waals surface area contributed by atoms with Gasteiger partial charge in [0.15, 0.2) is 23.2 Å². The molecule has 1 fully saturated rings. The number of halogens is 4. The van der Waals surface area contributed by atoms with Gasteiger partial charge in [-0.05, 0) is 55.9 Å². The van der Waals surface area contributed by atoms with E-state index in [1.54, 1.807) is 0 Å². The van der Waals surface area contributed by atoms with Crippen molar-refractivity contribution in [2.24, 2.45) is 0 Å². The molecule has 1 saturated heterocycles. The molecule has 4 rings (SSSR count). The highest BCUT2D eigenvalue weighted by atomic mass is 19.2. The normalized spacial score (nSPS) is 17.9. The van der Waals surface area contributed by atoms with Crippen LogP contribution in [-0.2, 0) is 11.2 Å². The number of ether oxygens (including phenoxy) is 2. The quantitative estimate of drug-likeness (QED) is 0.162. The maximum Gasteiger partial charge on any atom is 0.201 e. The van der Waals surface area contributed by atoms with E-state index in [1.807, 2.05) is 19.9 Å². The van der Waals surface area contributed by atoms with Crippen molar-refractivity contribution < 1.29 is 27.0 Å². The third-order valence-corrected chi connectivity index (χ3v) is 6.87. The molecule has 3 aromatic rings. The van der Waals surface area contributed by atoms with Crippen molar-refractivity contribution in [1.29, 1.82) is 0 Å². The predicted octanol–water partition coefficient (Wildman–Crippen LogP) is 8.84. The third-order valence-electron chi connectivity index (χ3n) is 6.87. The fourth-order valence-electron chi connectivity index (χ4n) is 4.64. The largest absolute Gasteiger partial charge is 0.490 e. The van der Waals surface area contributed by atoms with E-state index in [0.29, 0.717) is 19.4 Å². The third kappa shape index (κ3) is 6.07. The van der Waals surface area contributed by atoms with E-state index in [2.05, 4.69) is 30.3 Å².